The lowest BCUT2D eigenvalue weighted by atomic mass is 10.2. The molecule has 0 saturated carbocycles. The molecule has 1 aromatic heterocycles. The molecule has 0 amide bonds. The van der Waals surface area contributed by atoms with Gasteiger partial charge < -0.3 is 0 Å². The molecule has 0 spiro atoms. The second-order valence-electron chi connectivity index (χ2n) is 4.01. The minimum atomic E-state index is 0.267. The van der Waals surface area contributed by atoms with E-state index in [-0.39, 0.29) is 5.78 Å². The molecule has 0 fully saturated rings. The van der Waals surface area contributed by atoms with E-state index in [9.17, 15) is 4.79 Å². The Bertz CT molecular complexity index is 531. The number of thiophene rings is 1. The van der Waals surface area contributed by atoms with Crippen molar-refractivity contribution in [1.29, 1.82) is 0 Å². The van der Waals surface area contributed by atoms with Gasteiger partial charge in [-0.05, 0) is 46.4 Å². The maximum atomic E-state index is 11.9. The lowest BCUT2D eigenvalue weighted by molar-refractivity contribution is -0.115. The zero-order chi connectivity index (χ0) is 13.0. The van der Waals surface area contributed by atoms with E-state index in [2.05, 4.69) is 47.1 Å². The van der Waals surface area contributed by atoms with Crippen LogP contribution in [-0.4, -0.2) is 11.5 Å². The van der Waals surface area contributed by atoms with Crippen LogP contribution in [0.3, 0.4) is 0 Å². The van der Waals surface area contributed by atoms with Gasteiger partial charge >= 0.3 is 0 Å². The van der Waals surface area contributed by atoms with Crippen molar-refractivity contribution >= 4 is 44.8 Å². The number of halogens is 1. The van der Waals surface area contributed by atoms with Crippen LogP contribution in [-0.2, 0) is 11.2 Å². The summed E-state index contributed by atoms with van der Waals surface area (Å²) in [7, 11) is 0. The van der Waals surface area contributed by atoms with Gasteiger partial charge in [0.05, 0.1) is 5.75 Å². The van der Waals surface area contributed by atoms with Gasteiger partial charge in [-0.3, -0.25) is 4.79 Å². The summed E-state index contributed by atoms with van der Waals surface area (Å²) in [5.41, 5.74) is 1.24. The van der Waals surface area contributed by atoms with E-state index in [1.54, 1.807) is 23.1 Å². The molecule has 18 heavy (non-hydrogen) atoms. The quantitative estimate of drug-likeness (QED) is 0.732. The van der Waals surface area contributed by atoms with Gasteiger partial charge in [-0.15, -0.1) is 23.1 Å². The summed E-state index contributed by atoms with van der Waals surface area (Å²) in [6, 6.07) is 10.3. The van der Waals surface area contributed by atoms with E-state index in [0.717, 1.165) is 14.2 Å². The van der Waals surface area contributed by atoms with Gasteiger partial charge in [-0.2, -0.15) is 0 Å². The van der Waals surface area contributed by atoms with E-state index in [0.29, 0.717) is 12.2 Å². The molecule has 0 aliphatic rings. The molecule has 0 N–H and O–H groups in total. The zero-order valence-electron chi connectivity index (χ0n) is 9.98. The number of hydrogen-bond donors (Lipinski definition) is 0. The molecule has 2 aromatic rings. The minimum Gasteiger partial charge on any atom is -0.298 e. The third-order valence-electron chi connectivity index (χ3n) is 2.47. The maximum absolute atomic E-state index is 11.9. The number of hydrogen-bond acceptors (Lipinski definition) is 3. The number of carbonyl (C=O) groups excluding carboxylic acids is 1. The molecule has 4 heteroatoms. The molecule has 2 rings (SSSR count). The van der Waals surface area contributed by atoms with E-state index in [1.165, 1.54) is 5.56 Å². The third-order valence-corrected chi connectivity index (χ3v) is 5.47. The smallest absolute Gasteiger partial charge is 0.148 e. The van der Waals surface area contributed by atoms with Gasteiger partial charge in [-0.25, -0.2) is 0 Å². The van der Waals surface area contributed by atoms with E-state index in [4.69, 9.17) is 0 Å². The average molecular weight is 341 g/mol. The first kappa shape index (κ1) is 13.8. The number of Topliss-reactive ketones (excluding diaryl/α,β-unsaturated/α-hetero) is 1. The Balaban J connectivity index is 1.85. The third kappa shape index (κ3) is 3.97. The van der Waals surface area contributed by atoms with Crippen LogP contribution < -0.4 is 0 Å². The topological polar surface area (TPSA) is 17.1 Å². The SMILES string of the molecule is Cc1ccc(SCC(=O)Cc2sccc2Br)cc1. The van der Waals surface area contributed by atoms with Crippen LogP contribution in [0.4, 0.5) is 0 Å². The van der Waals surface area contributed by atoms with E-state index in [1.807, 2.05) is 11.4 Å². The van der Waals surface area contributed by atoms with Crippen LogP contribution in [0.1, 0.15) is 10.4 Å². The Morgan fingerprint density at radius 3 is 2.61 bits per heavy atom. The monoisotopic (exact) mass is 340 g/mol. The molecule has 0 saturated heterocycles. The van der Waals surface area contributed by atoms with Gasteiger partial charge in [-0.1, -0.05) is 17.7 Å². The number of rotatable bonds is 5. The minimum absolute atomic E-state index is 0.267. The Labute approximate surface area is 124 Å². The highest BCUT2D eigenvalue weighted by atomic mass is 79.9. The van der Waals surface area contributed by atoms with Crippen molar-refractivity contribution in [3.8, 4) is 0 Å². The van der Waals surface area contributed by atoms with Crippen LogP contribution in [0.15, 0.2) is 45.1 Å². The second kappa shape index (κ2) is 6.55. The van der Waals surface area contributed by atoms with Crippen molar-refractivity contribution in [2.24, 2.45) is 0 Å². The molecule has 0 radical (unpaired) electrons. The van der Waals surface area contributed by atoms with E-state index < -0.39 is 0 Å². The molecular formula is C14H13BrOS2. The number of aryl methyl sites for hydroxylation is 1. The largest absolute Gasteiger partial charge is 0.298 e. The van der Waals surface area contributed by atoms with Crippen LogP contribution in [0, 0.1) is 6.92 Å². The maximum Gasteiger partial charge on any atom is 0.148 e. The first-order valence-electron chi connectivity index (χ1n) is 5.58. The van der Waals surface area contributed by atoms with Crippen LogP contribution in [0.5, 0.6) is 0 Å². The summed E-state index contributed by atoms with van der Waals surface area (Å²) < 4.78 is 1.04. The summed E-state index contributed by atoms with van der Waals surface area (Å²) >= 11 is 6.68. The molecule has 0 aliphatic carbocycles. The molecule has 0 atom stereocenters. The van der Waals surface area contributed by atoms with Gasteiger partial charge in [0, 0.05) is 20.7 Å². The highest BCUT2D eigenvalue weighted by molar-refractivity contribution is 9.10. The highest BCUT2D eigenvalue weighted by Gasteiger charge is 2.08. The Morgan fingerprint density at radius 1 is 1.28 bits per heavy atom. The first-order chi connectivity index (χ1) is 8.65. The number of carbonyl (C=O) groups is 1. The predicted octanol–water partition coefficient (Wildman–Crippen LogP) is 4.72. The predicted molar refractivity (Wildman–Crippen MR) is 82.6 cm³/mol. The molecular weight excluding hydrogens is 328 g/mol. The standard InChI is InChI=1S/C14H13BrOS2/c1-10-2-4-12(5-3-10)18-9-11(16)8-14-13(15)6-7-17-14/h2-7H,8-9H2,1H3. The van der Waals surface area contributed by atoms with Gasteiger partial charge in [0.15, 0.2) is 0 Å². The summed E-state index contributed by atoms with van der Waals surface area (Å²) in [6.07, 6.45) is 0.525. The molecule has 1 nitrogen and oxygen atoms in total. The van der Waals surface area contributed by atoms with Crippen molar-refractivity contribution in [1.82, 2.24) is 0 Å². The number of ketones is 1. The Kier molecular flexibility index (Phi) is 5.03. The lowest BCUT2D eigenvalue weighted by Gasteiger charge is -2.02. The van der Waals surface area contributed by atoms with Crippen molar-refractivity contribution in [2.75, 3.05) is 5.75 Å². The van der Waals surface area contributed by atoms with Gasteiger partial charge in [0.1, 0.15) is 5.78 Å². The number of thioether (sulfide) groups is 1. The van der Waals surface area contributed by atoms with Crippen molar-refractivity contribution < 1.29 is 4.79 Å². The fraction of sp³-hybridized carbons (Fsp3) is 0.214. The van der Waals surface area contributed by atoms with E-state index >= 15 is 0 Å². The average Bonchev–Trinajstić information content (AvgIpc) is 2.74. The van der Waals surface area contributed by atoms with Crippen LogP contribution in [0.25, 0.3) is 0 Å². The van der Waals surface area contributed by atoms with Crippen molar-refractivity contribution in [2.45, 2.75) is 18.2 Å². The second-order valence-corrected chi connectivity index (χ2v) is 6.91. The van der Waals surface area contributed by atoms with Crippen LogP contribution in [0.2, 0.25) is 0 Å². The normalized spacial score (nSPS) is 10.6. The first-order valence-corrected chi connectivity index (χ1v) is 8.24. The molecule has 94 valence electrons. The lowest BCUT2D eigenvalue weighted by Crippen LogP contribution is -2.04. The van der Waals surface area contributed by atoms with Gasteiger partial charge in [0.25, 0.3) is 0 Å². The molecule has 0 aliphatic heterocycles. The van der Waals surface area contributed by atoms with Gasteiger partial charge in [0.2, 0.25) is 0 Å². The summed E-state index contributed by atoms with van der Waals surface area (Å²) in [5, 5.41) is 2.00. The van der Waals surface area contributed by atoms with Crippen LogP contribution >= 0.6 is 39.0 Å². The Morgan fingerprint density at radius 2 is 2.00 bits per heavy atom. The fourth-order valence-corrected chi connectivity index (χ4v) is 3.76. The molecule has 0 bridgehead atoms. The summed E-state index contributed by atoms with van der Waals surface area (Å²) in [4.78, 5) is 14.1. The molecule has 1 heterocycles. The number of benzene rings is 1. The summed E-state index contributed by atoms with van der Waals surface area (Å²) in [5.74, 6) is 0.802. The zero-order valence-corrected chi connectivity index (χ0v) is 13.2. The summed E-state index contributed by atoms with van der Waals surface area (Å²) in [6.45, 7) is 2.06. The molecule has 0 unspecified atom stereocenters. The van der Waals surface area contributed by atoms with Crippen molar-refractivity contribution in [3.63, 3.8) is 0 Å². The highest BCUT2D eigenvalue weighted by Crippen LogP contribution is 2.24. The molecule has 1 aromatic carbocycles. The van der Waals surface area contributed by atoms with Crippen molar-refractivity contribution in [3.05, 3.63) is 50.6 Å². The Hall–Kier alpha value is -0.580. The fourth-order valence-electron chi connectivity index (χ4n) is 1.48.